The minimum absolute atomic E-state index is 0.0893. The monoisotopic (exact) mass is 767 g/mol. The van der Waals surface area contributed by atoms with Crippen LogP contribution in [-0.4, -0.2) is 76.0 Å². The number of hydrogen-bond acceptors (Lipinski definition) is 12. The smallest absolute Gasteiger partial charge is 0.259 e. The normalized spacial score (nSPS) is 17.9. The summed E-state index contributed by atoms with van der Waals surface area (Å²) in [6.07, 6.45) is 1.72. The molecule has 14 heteroatoms. The molecule has 1 fully saturated rings. The van der Waals surface area contributed by atoms with Gasteiger partial charge in [0.1, 0.15) is 35.8 Å². The van der Waals surface area contributed by atoms with Crippen molar-refractivity contribution in [3.63, 3.8) is 0 Å². The quantitative estimate of drug-likeness (QED) is 0.0523. The minimum atomic E-state index is -1.66. The first-order chi connectivity index (χ1) is 26.7. The van der Waals surface area contributed by atoms with E-state index in [2.05, 4.69) is 65.9 Å². The van der Waals surface area contributed by atoms with E-state index in [1.807, 2.05) is 78.2 Å². The van der Waals surface area contributed by atoms with Gasteiger partial charge in [-0.15, -0.1) is 0 Å². The second kappa shape index (κ2) is 18.3. The molecular formula is C41H50N7O6P. The summed E-state index contributed by atoms with van der Waals surface area (Å²) in [7, 11) is 1.63. The second-order valence-corrected chi connectivity index (χ2v) is 15.0. The topological polar surface area (TPSA) is 138 Å². The number of anilines is 1. The zero-order valence-electron chi connectivity index (χ0n) is 32.5. The third-order valence-corrected chi connectivity index (χ3v) is 11.6. The van der Waals surface area contributed by atoms with Crippen LogP contribution in [0.25, 0.3) is 11.2 Å². The molecule has 0 radical (unpaired) electrons. The van der Waals surface area contributed by atoms with Crippen LogP contribution in [0.1, 0.15) is 70.4 Å². The fraction of sp³-hybridized carbons (Fsp3) is 0.415. The van der Waals surface area contributed by atoms with Crippen LogP contribution in [0.15, 0.2) is 91.5 Å². The molecule has 2 aromatic heterocycles. The molecule has 1 unspecified atom stereocenters. The predicted octanol–water partition coefficient (Wildman–Crippen LogP) is 8.19. The Bertz CT molecular complexity index is 1950. The van der Waals surface area contributed by atoms with Gasteiger partial charge < -0.3 is 33.3 Å². The summed E-state index contributed by atoms with van der Waals surface area (Å²) >= 11 is 0. The summed E-state index contributed by atoms with van der Waals surface area (Å²) in [5, 5.41) is 12.7. The van der Waals surface area contributed by atoms with Crippen molar-refractivity contribution < 1.29 is 28.0 Å². The molecule has 290 valence electrons. The Morgan fingerprint density at radius 2 is 1.53 bits per heavy atom. The Morgan fingerprint density at radius 1 is 0.909 bits per heavy atom. The van der Waals surface area contributed by atoms with Gasteiger partial charge in [-0.3, -0.25) is 4.57 Å². The van der Waals surface area contributed by atoms with Crippen molar-refractivity contribution in [1.82, 2.24) is 24.2 Å². The van der Waals surface area contributed by atoms with Crippen molar-refractivity contribution in [3.8, 4) is 17.6 Å². The molecule has 55 heavy (non-hydrogen) atoms. The van der Waals surface area contributed by atoms with Crippen LogP contribution in [-0.2, 0) is 24.1 Å². The highest BCUT2D eigenvalue weighted by atomic mass is 31.2. The van der Waals surface area contributed by atoms with Crippen molar-refractivity contribution >= 4 is 25.5 Å². The lowest BCUT2D eigenvalue weighted by atomic mass is 9.80. The first-order valence-electron chi connectivity index (χ1n) is 18.6. The zero-order chi connectivity index (χ0) is 39.0. The number of nitrogens with zero attached hydrogens (tertiary/aromatic N) is 6. The van der Waals surface area contributed by atoms with Crippen LogP contribution in [0.5, 0.6) is 11.5 Å². The van der Waals surface area contributed by atoms with Crippen LogP contribution in [0.4, 0.5) is 5.82 Å². The first kappa shape index (κ1) is 40.0. The molecule has 6 rings (SSSR count). The van der Waals surface area contributed by atoms with Crippen molar-refractivity contribution in [2.75, 3.05) is 32.7 Å². The average Bonchev–Trinajstić information content (AvgIpc) is 3.81. The lowest BCUT2D eigenvalue weighted by molar-refractivity contribution is -0.213. The van der Waals surface area contributed by atoms with Crippen molar-refractivity contribution in [2.45, 2.75) is 83.8 Å². The van der Waals surface area contributed by atoms with E-state index in [-0.39, 0.29) is 25.1 Å². The molecule has 3 aromatic carbocycles. The number of benzene rings is 3. The summed E-state index contributed by atoms with van der Waals surface area (Å²) in [5.41, 5.74) is 2.64. The Labute approximate surface area is 324 Å². The van der Waals surface area contributed by atoms with Crippen LogP contribution in [0.3, 0.4) is 0 Å². The number of imidazole rings is 1. The zero-order valence-corrected chi connectivity index (χ0v) is 33.3. The van der Waals surface area contributed by atoms with Crippen molar-refractivity contribution in [2.24, 2.45) is 0 Å². The molecule has 0 spiro atoms. The molecule has 1 aliphatic heterocycles. The molecule has 0 amide bonds. The van der Waals surface area contributed by atoms with E-state index in [1.165, 1.54) is 6.33 Å². The molecule has 4 atom stereocenters. The standard InChI is InChI=1S/C41H50N7O6P/c1-8-43-38-37-39(45-26-44-38)47(27-46-37)36-25-35(54-55(51-24-12-23-42)48(28(2)3)29(4)5)40(52-36)53-41(30-13-10-9-11-14-30,31-15-19-33(49-6)20-16-31)32-17-21-34(50-7)22-18-32/h9-11,13-22,26-29,35-36,40H,8,12,24-25H2,1-7H3,(H,43,44,45)/t35-,36+,40+,55?/m0/s1. The average molecular weight is 768 g/mol. The largest absolute Gasteiger partial charge is 0.497 e. The van der Waals surface area contributed by atoms with Crippen LogP contribution < -0.4 is 14.8 Å². The summed E-state index contributed by atoms with van der Waals surface area (Å²) in [6.45, 7) is 11.4. The van der Waals surface area contributed by atoms with E-state index in [9.17, 15) is 5.26 Å². The number of hydrogen-bond donors (Lipinski definition) is 1. The lowest BCUT2D eigenvalue weighted by Gasteiger charge is -2.40. The van der Waals surface area contributed by atoms with E-state index in [1.54, 1.807) is 20.5 Å². The highest BCUT2D eigenvalue weighted by Gasteiger charge is 2.49. The minimum Gasteiger partial charge on any atom is -0.497 e. The third kappa shape index (κ3) is 8.60. The lowest BCUT2D eigenvalue weighted by Crippen LogP contribution is -2.41. The van der Waals surface area contributed by atoms with Gasteiger partial charge in [-0.1, -0.05) is 54.6 Å². The van der Waals surface area contributed by atoms with Gasteiger partial charge in [0.15, 0.2) is 23.3 Å². The Balaban J connectivity index is 1.51. The number of ether oxygens (including phenoxy) is 4. The molecular weight excluding hydrogens is 717 g/mol. The van der Waals surface area contributed by atoms with Gasteiger partial charge in [-0.25, -0.2) is 19.6 Å². The maximum absolute atomic E-state index is 9.40. The number of nitrogens with one attached hydrogen (secondary N) is 1. The van der Waals surface area contributed by atoms with E-state index >= 15 is 0 Å². The fourth-order valence-electron chi connectivity index (χ4n) is 6.96. The molecule has 1 saturated heterocycles. The van der Waals surface area contributed by atoms with Gasteiger partial charge in [0.2, 0.25) is 0 Å². The number of methoxy groups -OCH3 is 2. The van der Waals surface area contributed by atoms with Gasteiger partial charge in [0, 0.05) is 25.0 Å². The number of nitriles is 1. The molecule has 13 nitrogen and oxygen atoms in total. The van der Waals surface area contributed by atoms with Crippen LogP contribution in [0, 0.1) is 11.3 Å². The van der Waals surface area contributed by atoms with E-state index in [0.29, 0.717) is 41.4 Å². The summed E-state index contributed by atoms with van der Waals surface area (Å²) in [6, 6.07) is 28.2. The van der Waals surface area contributed by atoms with E-state index in [0.717, 1.165) is 16.7 Å². The first-order valence-corrected chi connectivity index (χ1v) is 19.7. The van der Waals surface area contributed by atoms with Crippen molar-refractivity contribution in [3.05, 3.63) is 108 Å². The Hall–Kier alpha value is -4.67. The maximum atomic E-state index is 9.40. The van der Waals surface area contributed by atoms with E-state index < -0.39 is 32.7 Å². The summed E-state index contributed by atoms with van der Waals surface area (Å²) < 4.78 is 43.3. The molecule has 0 bridgehead atoms. The molecule has 0 saturated carbocycles. The number of fused-ring (bicyclic) bond motifs is 1. The second-order valence-electron chi connectivity index (χ2n) is 13.6. The highest BCUT2D eigenvalue weighted by Crippen LogP contribution is 2.52. The number of aromatic nitrogens is 4. The predicted molar refractivity (Wildman–Crippen MR) is 211 cm³/mol. The van der Waals surface area contributed by atoms with Gasteiger partial charge in [0.25, 0.3) is 8.53 Å². The van der Waals surface area contributed by atoms with Gasteiger partial charge in [0.05, 0.1) is 39.6 Å². The van der Waals surface area contributed by atoms with Gasteiger partial charge in [-0.2, -0.15) is 5.26 Å². The molecule has 3 heterocycles. The SMILES string of the molecule is CCNc1ncnc2c1ncn2[C@H]1C[C@H](OP(OCCC#N)N(C(C)C)C(C)C)[C@@H](OC(c2ccccc2)(c2ccc(OC)cc2)c2ccc(OC)cc2)O1. The molecule has 0 aliphatic carbocycles. The molecule has 5 aromatic rings. The Kier molecular flexibility index (Phi) is 13.3. The number of rotatable bonds is 18. The third-order valence-electron chi connectivity index (χ3n) is 9.40. The van der Waals surface area contributed by atoms with Crippen LogP contribution >= 0.6 is 8.53 Å². The highest BCUT2D eigenvalue weighted by molar-refractivity contribution is 7.44. The summed E-state index contributed by atoms with van der Waals surface area (Å²) in [4.78, 5) is 13.7. The molecule has 1 aliphatic rings. The van der Waals surface area contributed by atoms with E-state index in [4.69, 9.17) is 33.0 Å². The van der Waals surface area contributed by atoms with Gasteiger partial charge in [-0.05, 0) is 75.6 Å². The van der Waals surface area contributed by atoms with Crippen LogP contribution in [0.2, 0.25) is 0 Å². The fourth-order valence-corrected chi connectivity index (χ4v) is 8.68. The Morgan fingerprint density at radius 3 is 2.09 bits per heavy atom. The molecule has 1 N–H and O–H groups in total. The maximum Gasteiger partial charge on any atom is 0.259 e. The summed E-state index contributed by atoms with van der Waals surface area (Å²) in [5.74, 6) is 2.07. The van der Waals surface area contributed by atoms with Crippen molar-refractivity contribution in [1.29, 1.82) is 5.26 Å². The van der Waals surface area contributed by atoms with Gasteiger partial charge >= 0.3 is 0 Å².